The van der Waals surface area contributed by atoms with E-state index in [-0.39, 0.29) is 30.4 Å². The third kappa shape index (κ3) is 3.93. The van der Waals surface area contributed by atoms with E-state index < -0.39 is 0 Å². The molecule has 0 bridgehead atoms. The number of carbonyl (C=O) groups excluding carboxylic acids is 1. The van der Waals surface area contributed by atoms with Crippen molar-refractivity contribution >= 4 is 18.3 Å². The van der Waals surface area contributed by atoms with E-state index in [1.807, 2.05) is 11.6 Å². The largest absolute Gasteiger partial charge is 0.346 e. The number of carbonyl (C=O) groups is 1. The van der Waals surface area contributed by atoms with Crippen LogP contribution in [-0.2, 0) is 11.3 Å². The summed E-state index contributed by atoms with van der Waals surface area (Å²) < 4.78 is 1.93. The standard InChI is InChI=1S/C13H23N5O.ClH/c1-8(2)12-16-13-10(5-4-6-18(13)17-12)15-11(19)7-9(3)14;/h8-10H,4-7,14H2,1-3H3,(H,15,19);1H. The number of hydrogen-bond donors (Lipinski definition) is 2. The van der Waals surface area contributed by atoms with Crippen LogP contribution in [0.4, 0.5) is 0 Å². The first kappa shape index (κ1) is 16.9. The molecule has 6 nitrogen and oxygen atoms in total. The Hall–Kier alpha value is -1.14. The van der Waals surface area contributed by atoms with Crippen molar-refractivity contribution in [1.29, 1.82) is 0 Å². The number of halogens is 1. The topological polar surface area (TPSA) is 85.8 Å². The molecular formula is C13H24ClN5O. The molecule has 7 heteroatoms. The summed E-state index contributed by atoms with van der Waals surface area (Å²) in [5, 5.41) is 7.51. The van der Waals surface area contributed by atoms with Gasteiger partial charge in [0.2, 0.25) is 5.91 Å². The van der Waals surface area contributed by atoms with Crippen LogP contribution in [0.5, 0.6) is 0 Å². The summed E-state index contributed by atoms with van der Waals surface area (Å²) in [6.45, 7) is 6.87. The maximum absolute atomic E-state index is 11.8. The van der Waals surface area contributed by atoms with Gasteiger partial charge >= 0.3 is 0 Å². The van der Waals surface area contributed by atoms with Crippen molar-refractivity contribution in [3.05, 3.63) is 11.6 Å². The molecule has 0 fully saturated rings. The maximum Gasteiger partial charge on any atom is 0.222 e. The van der Waals surface area contributed by atoms with Crippen LogP contribution in [0, 0.1) is 0 Å². The van der Waals surface area contributed by atoms with E-state index >= 15 is 0 Å². The fourth-order valence-electron chi connectivity index (χ4n) is 2.30. The molecule has 0 radical (unpaired) electrons. The van der Waals surface area contributed by atoms with Crippen LogP contribution >= 0.6 is 12.4 Å². The smallest absolute Gasteiger partial charge is 0.222 e. The first-order valence-corrected chi connectivity index (χ1v) is 6.97. The number of aromatic nitrogens is 3. The monoisotopic (exact) mass is 301 g/mol. The second kappa shape index (κ2) is 7.04. The van der Waals surface area contributed by atoms with E-state index in [0.717, 1.165) is 31.0 Å². The van der Waals surface area contributed by atoms with E-state index in [9.17, 15) is 4.79 Å². The van der Waals surface area contributed by atoms with Crippen LogP contribution in [0.15, 0.2) is 0 Å². The van der Waals surface area contributed by atoms with Crippen molar-refractivity contribution in [3.8, 4) is 0 Å². The molecule has 1 aromatic rings. The van der Waals surface area contributed by atoms with Gasteiger partial charge in [0.25, 0.3) is 0 Å². The highest BCUT2D eigenvalue weighted by Gasteiger charge is 2.26. The van der Waals surface area contributed by atoms with Gasteiger partial charge in [-0.3, -0.25) is 4.79 Å². The Labute approximate surface area is 125 Å². The summed E-state index contributed by atoms with van der Waals surface area (Å²) >= 11 is 0. The minimum absolute atomic E-state index is 0. The fourth-order valence-corrected chi connectivity index (χ4v) is 2.30. The lowest BCUT2D eigenvalue weighted by molar-refractivity contribution is -0.122. The lowest BCUT2D eigenvalue weighted by atomic mass is 10.1. The molecule has 0 aliphatic carbocycles. The second-order valence-corrected chi connectivity index (χ2v) is 5.65. The zero-order valence-electron chi connectivity index (χ0n) is 12.3. The number of amides is 1. The SMILES string of the molecule is CC(N)CC(=O)NC1CCCn2nc(C(C)C)nc21.Cl. The van der Waals surface area contributed by atoms with Gasteiger partial charge in [-0.2, -0.15) is 5.10 Å². The predicted octanol–water partition coefficient (Wildman–Crippen LogP) is 1.51. The quantitative estimate of drug-likeness (QED) is 0.882. The number of nitrogens with two attached hydrogens (primary N) is 1. The molecule has 2 atom stereocenters. The molecule has 0 saturated heterocycles. The minimum atomic E-state index is -0.118. The van der Waals surface area contributed by atoms with Gasteiger partial charge < -0.3 is 11.1 Å². The molecule has 1 amide bonds. The molecule has 2 heterocycles. The summed E-state index contributed by atoms with van der Waals surface area (Å²) in [4.78, 5) is 16.4. The van der Waals surface area contributed by atoms with Crippen LogP contribution in [0.3, 0.4) is 0 Å². The van der Waals surface area contributed by atoms with Gasteiger partial charge in [-0.25, -0.2) is 9.67 Å². The summed E-state index contributed by atoms with van der Waals surface area (Å²) in [6, 6.07) is -0.146. The Kier molecular flexibility index (Phi) is 5.95. The second-order valence-electron chi connectivity index (χ2n) is 5.65. The lowest BCUT2D eigenvalue weighted by Gasteiger charge is -2.23. The molecule has 1 aromatic heterocycles. The molecule has 3 N–H and O–H groups in total. The Morgan fingerprint density at radius 3 is 2.80 bits per heavy atom. The van der Waals surface area contributed by atoms with Crippen molar-refractivity contribution in [2.24, 2.45) is 5.73 Å². The Morgan fingerprint density at radius 1 is 1.50 bits per heavy atom. The van der Waals surface area contributed by atoms with Gasteiger partial charge in [-0.05, 0) is 19.8 Å². The van der Waals surface area contributed by atoms with Crippen molar-refractivity contribution in [3.63, 3.8) is 0 Å². The van der Waals surface area contributed by atoms with Crippen LogP contribution in [0.2, 0.25) is 0 Å². The highest BCUT2D eigenvalue weighted by Crippen LogP contribution is 2.24. The summed E-state index contributed by atoms with van der Waals surface area (Å²) in [7, 11) is 0. The summed E-state index contributed by atoms with van der Waals surface area (Å²) in [5.41, 5.74) is 5.64. The van der Waals surface area contributed by atoms with Crippen LogP contribution in [-0.4, -0.2) is 26.7 Å². The lowest BCUT2D eigenvalue weighted by Crippen LogP contribution is -2.36. The molecule has 0 saturated carbocycles. The van der Waals surface area contributed by atoms with Gasteiger partial charge in [0.1, 0.15) is 5.82 Å². The highest BCUT2D eigenvalue weighted by atomic mass is 35.5. The van der Waals surface area contributed by atoms with Crippen LogP contribution in [0.25, 0.3) is 0 Å². The van der Waals surface area contributed by atoms with Gasteiger partial charge in [0.15, 0.2) is 5.82 Å². The average molecular weight is 302 g/mol. The van der Waals surface area contributed by atoms with E-state index in [1.165, 1.54) is 0 Å². The molecule has 114 valence electrons. The number of aryl methyl sites for hydroxylation is 1. The molecule has 0 aromatic carbocycles. The zero-order valence-corrected chi connectivity index (χ0v) is 13.1. The molecule has 2 unspecified atom stereocenters. The zero-order chi connectivity index (χ0) is 14.0. The first-order valence-electron chi connectivity index (χ1n) is 6.97. The van der Waals surface area contributed by atoms with Gasteiger partial charge in [-0.15, -0.1) is 12.4 Å². The molecule has 20 heavy (non-hydrogen) atoms. The van der Waals surface area contributed by atoms with E-state index in [4.69, 9.17) is 5.73 Å². The molecule has 1 aliphatic heterocycles. The van der Waals surface area contributed by atoms with Crippen molar-refractivity contribution in [2.75, 3.05) is 0 Å². The normalized spacial score (nSPS) is 19.1. The first-order chi connectivity index (χ1) is 8.97. The number of nitrogens with one attached hydrogen (secondary N) is 1. The fraction of sp³-hybridized carbons (Fsp3) is 0.769. The molecule has 2 rings (SSSR count). The van der Waals surface area contributed by atoms with Crippen LogP contribution in [0.1, 0.15) is 63.6 Å². The number of nitrogens with zero attached hydrogens (tertiary/aromatic N) is 3. The number of hydrogen-bond acceptors (Lipinski definition) is 4. The third-order valence-electron chi connectivity index (χ3n) is 3.25. The Morgan fingerprint density at radius 2 is 2.20 bits per heavy atom. The van der Waals surface area contributed by atoms with E-state index in [0.29, 0.717) is 12.3 Å². The molecular weight excluding hydrogens is 278 g/mol. The van der Waals surface area contributed by atoms with E-state index in [2.05, 4.69) is 29.2 Å². The van der Waals surface area contributed by atoms with Gasteiger partial charge in [0, 0.05) is 24.9 Å². The van der Waals surface area contributed by atoms with Crippen molar-refractivity contribution < 1.29 is 4.79 Å². The Bertz CT molecular complexity index is 458. The van der Waals surface area contributed by atoms with Gasteiger partial charge in [-0.1, -0.05) is 13.8 Å². The highest BCUT2D eigenvalue weighted by molar-refractivity contribution is 5.85. The molecule has 1 aliphatic rings. The van der Waals surface area contributed by atoms with Crippen LogP contribution < -0.4 is 11.1 Å². The van der Waals surface area contributed by atoms with Crippen molar-refractivity contribution in [1.82, 2.24) is 20.1 Å². The summed E-state index contributed by atoms with van der Waals surface area (Å²) in [6.07, 6.45) is 2.28. The Balaban J connectivity index is 0.00000200. The predicted molar refractivity (Wildman–Crippen MR) is 79.7 cm³/mol. The average Bonchev–Trinajstić information content (AvgIpc) is 2.72. The number of fused-ring (bicyclic) bond motifs is 1. The third-order valence-corrected chi connectivity index (χ3v) is 3.25. The maximum atomic E-state index is 11.8. The van der Waals surface area contributed by atoms with Gasteiger partial charge in [0.05, 0.1) is 6.04 Å². The number of rotatable bonds is 4. The molecule has 0 spiro atoms. The summed E-state index contributed by atoms with van der Waals surface area (Å²) in [5.74, 6) is 2.03. The van der Waals surface area contributed by atoms with Crippen molar-refractivity contribution in [2.45, 2.75) is 64.6 Å². The van der Waals surface area contributed by atoms with E-state index in [1.54, 1.807) is 0 Å². The minimum Gasteiger partial charge on any atom is -0.346 e.